The first-order valence-corrected chi connectivity index (χ1v) is 4.78. The molecule has 2 heteroatoms. The SMILES string of the molecule is C=C(C)CCCC(=O)c1cccnc1. The quantitative estimate of drug-likeness (QED) is 0.526. The van der Waals surface area contributed by atoms with E-state index >= 15 is 0 Å². The molecule has 1 aromatic rings. The van der Waals surface area contributed by atoms with Crippen molar-refractivity contribution in [2.24, 2.45) is 0 Å². The highest BCUT2D eigenvalue weighted by molar-refractivity contribution is 5.95. The molecule has 1 aromatic heterocycles. The Labute approximate surface area is 84.7 Å². The number of Topliss-reactive ketones (excluding diaryl/α,β-unsaturated/α-hetero) is 1. The van der Waals surface area contributed by atoms with Crippen LogP contribution in [0.3, 0.4) is 0 Å². The number of aromatic nitrogens is 1. The van der Waals surface area contributed by atoms with Gasteiger partial charge in [-0.2, -0.15) is 0 Å². The molecule has 1 rings (SSSR count). The van der Waals surface area contributed by atoms with Gasteiger partial charge >= 0.3 is 0 Å². The lowest BCUT2D eigenvalue weighted by atomic mass is 10.1. The van der Waals surface area contributed by atoms with Crippen LogP contribution in [0.25, 0.3) is 0 Å². The molecule has 0 unspecified atom stereocenters. The van der Waals surface area contributed by atoms with Crippen molar-refractivity contribution < 1.29 is 4.79 Å². The molecule has 0 aromatic carbocycles. The predicted octanol–water partition coefficient (Wildman–Crippen LogP) is 3.01. The van der Waals surface area contributed by atoms with Crippen LogP contribution in [0.4, 0.5) is 0 Å². The Morgan fingerprint density at radius 1 is 1.50 bits per heavy atom. The summed E-state index contributed by atoms with van der Waals surface area (Å²) in [6, 6.07) is 3.59. The number of rotatable bonds is 5. The van der Waals surface area contributed by atoms with Crippen molar-refractivity contribution in [2.75, 3.05) is 0 Å². The standard InChI is InChI=1S/C12H15NO/c1-10(2)5-3-7-12(14)11-6-4-8-13-9-11/h4,6,8-9H,1,3,5,7H2,2H3. The van der Waals surface area contributed by atoms with E-state index in [4.69, 9.17) is 0 Å². The van der Waals surface area contributed by atoms with Gasteiger partial charge in [0.2, 0.25) is 0 Å². The molecule has 14 heavy (non-hydrogen) atoms. The third kappa shape index (κ3) is 3.52. The first-order valence-electron chi connectivity index (χ1n) is 4.78. The van der Waals surface area contributed by atoms with Crippen LogP contribution in [0, 0.1) is 0 Å². The lowest BCUT2D eigenvalue weighted by molar-refractivity contribution is 0.0980. The molecule has 0 aliphatic heterocycles. The minimum Gasteiger partial charge on any atom is -0.294 e. The maximum atomic E-state index is 11.6. The second kappa shape index (κ2) is 5.32. The van der Waals surface area contributed by atoms with Crippen LogP contribution in [-0.2, 0) is 0 Å². The normalized spacial score (nSPS) is 9.79. The Hall–Kier alpha value is -1.44. The number of allylic oxidation sites excluding steroid dienone is 1. The lowest BCUT2D eigenvalue weighted by Crippen LogP contribution is -1.99. The summed E-state index contributed by atoms with van der Waals surface area (Å²) in [4.78, 5) is 15.5. The van der Waals surface area contributed by atoms with Crippen LogP contribution < -0.4 is 0 Å². The summed E-state index contributed by atoms with van der Waals surface area (Å²) in [6.07, 6.45) is 5.67. The van der Waals surface area contributed by atoms with Crippen molar-refractivity contribution in [1.29, 1.82) is 0 Å². The number of carbonyl (C=O) groups is 1. The van der Waals surface area contributed by atoms with Crippen molar-refractivity contribution in [3.63, 3.8) is 0 Å². The van der Waals surface area contributed by atoms with Gasteiger partial charge in [0.25, 0.3) is 0 Å². The Bertz CT molecular complexity index is 316. The Kier molecular flexibility index (Phi) is 4.05. The molecule has 2 nitrogen and oxygen atoms in total. The Balaban J connectivity index is 2.40. The van der Waals surface area contributed by atoms with E-state index in [-0.39, 0.29) is 5.78 Å². The summed E-state index contributed by atoms with van der Waals surface area (Å²) in [7, 11) is 0. The molecule has 0 atom stereocenters. The molecule has 0 saturated carbocycles. The van der Waals surface area contributed by atoms with Crippen LogP contribution in [0.2, 0.25) is 0 Å². The van der Waals surface area contributed by atoms with Gasteiger partial charge in [0, 0.05) is 24.4 Å². The third-order valence-corrected chi connectivity index (χ3v) is 1.99. The van der Waals surface area contributed by atoms with Crippen LogP contribution in [0.15, 0.2) is 36.7 Å². The van der Waals surface area contributed by atoms with Crippen molar-refractivity contribution >= 4 is 5.78 Å². The minimum absolute atomic E-state index is 0.166. The number of hydrogen-bond acceptors (Lipinski definition) is 2. The van der Waals surface area contributed by atoms with Gasteiger partial charge in [-0.1, -0.05) is 5.57 Å². The second-order valence-corrected chi connectivity index (χ2v) is 3.48. The molecule has 0 bridgehead atoms. The smallest absolute Gasteiger partial charge is 0.164 e. The van der Waals surface area contributed by atoms with E-state index in [2.05, 4.69) is 11.6 Å². The van der Waals surface area contributed by atoms with Gasteiger partial charge in [-0.15, -0.1) is 6.58 Å². The number of carbonyl (C=O) groups excluding carboxylic acids is 1. The van der Waals surface area contributed by atoms with E-state index < -0.39 is 0 Å². The highest BCUT2D eigenvalue weighted by atomic mass is 16.1. The molecule has 0 aliphatic carbocycles. The highest BCUT2D eigenvalue weighted by Crippen LogP contribution is 2.08. The maximum absolute atomic E-state index is 11.6. The third-order valence-electron chi connectivity index (χ3n) is 1.99. The van der Waals surface area contributed by atoms with Crippen molar-refractivity contribution in [1.82, 2.24) is 4.98 Å². The largest absolute Gasteiger partial charge is 0.294 e. The first-order chi connectivity index (χ1) is 6.70. The van der Waals surface area contributed by atoms with Crippen LogP contribution >= 0.6 is 0 Å². The molecule has 0 saturated heterocycles. The molecule has 0 aliphatic rings. The predicted molar refractivity (Wildman–Crippen MR) is 57.2 cm³/mol. The number of ketones is 1. The van der Waals surface area contributed by atoms with Gasteiger partial charge in [0.05, 0.1) is 0 Å². The highest BCUT2D eigenvalue weighted by Gasteiger charge is 2.04. The van der Waals surface area contributed by atoms with Gasteiger partial charge in [-0.3, -0.25) is 9.78 Å². The average molecular weight is 189 g/mol. The van der Waals surface area contributed by atoms with E-state index in [1.54, 1.807) is 24.5 Å². The minimum atomic E-state index is 0.166. The van der Waals surface area contributed by atoms with E-state index in [1.807, 2.05) is 6.92 Å². The van der Waals surface area contributed by atoms with Gasteiger partial charge < -0.3 is 0 Å². The van der Waals surface area contributed by atoms with Gasteiger partial charge in [-0.25, -0.2) is 0 Å². The zero-order valence-electron chi connectivity index (χ0n) is 8.49. The average Bonchev–Trinajstić information content (AvgIpc) is 2.18. The summed E-state index contributed by atoms with van der Waals surface area (Å²) in [6.45, 7) is 5.78. The Morgan fingerprint density at radius 2 is 2.29 bits per heavy atom. The van der Waals surface area contributed by atoms with E-state index in [0.29, 0.717) is 12.0 Å². The fourth-order valence-corrected chi connectivity index (χ4v) is 1.22. The molecule has 74 valence electrons. The zero-order valence-corrected chi connectivity index (χ0v) is 8.49. The lowest BCUT2D eigenvalue weighted by Gasteiger charge is -2.00. The number of nitrogens with zero attached hydrogens (tertiary/aromatic N) is 1. The first kappa shape index (κ1) is 10.6. The molecular weight excluding hydrogens is 174 g/mol. The van der Waals surface area contributed by atoms with E-state index in [0.717, 1.165) is 18.4 Å². The monoisotopic (exact) mass is 189 g/mol. The summed E-state index contributed by atoms with van der Waals surface area (Å²) in [5.41, 5.74) is 1.83. The summed E-state index contributed by atoms with van der Waals surface area (Å²) in [5, 5.41) is 0. The van der Waals surface area contributed by atoms with Gasteiger partial charge in [0.1, 0.15) is 0 Å². The maximum Gasteiger partial charge on any atom is 0.164 e. The van der Waals surface area contributed by atoms with Crippen molar-refractivity contribution in [2.45, 2.75) is 26.2 Å². The molecule has 0 spiro atoms. The summed E-state index contributed by atoms with van der Waals surface area (Å²) in [5.74, 6) is 0.166. The molecule has 0 radical (unpaired) electrons. The fourth-order valence-electron chi connectivity index (χ4n) is 1.22. The Morgan fingerprint density at radius 3 is 2.86 bits per heavy atom. The summed E-state index contributed by atoms with van der Waals surface area (Å²) >= 11 is 0. The van der Waals surface area contributed by atoms with E-state index in [9.17, 15) is 4.79 Å². The fraction of sp³-hybridized carbons (Fsp3) is 0.333. The second-order valence-electron chi connectivity index (χ2n) is 3.48. The molecule has 0 N–H and O–H groups in total. The van der Waals surface area contributed by atoms with Crippen molar-refractivity contribution in [3.05, 3.63) is 42.2 Å². The number of pyridine rings is 1. The number of hydrogen-bond donors (Lipinski definition) is 0. The van der Waals surface area contributed by atoms with Crippen molar-refractivity contribution in [3.8, 4) is 0 Å². The molecule has 1 heterocycles. The summed E-state index contributed by atoms with van der Waals surface area (Å²) < 4.78 is 0. The molecule has 0 amide bonds. The molecule has 0 fully saturated rings. The van der Waals surface area contributed by atoms with Crippen LogP contribution in [0.5, 0.6) is 0 Å². The van der Waals surface area contributed by atoms with Gasteiger partial charge in [0.15, 0.2) is 5.78 Å². The zero-order chi connectivity index (χ0) is 10.4. The van der Waals surface area contributed by atoms with Crippen LogP contribution in [0.1, 0.15) is 36.5 Å². The van der Waals surface area contributed by atoms with Crippen LogP contribution in [-0.4, -0.2) is 10.8 Å². The van der Waals surface area contributed by atoms with E-state index in [1.165, 1.54) is 0 Å². The molecular formula is C12H15NO. The van der Waals surface area contributed by atoms with Gasteiger partial charge in [-0.05, 0) is 31.9 Å². The topological polar surface area (TPSA) is 30.0 Å².